The molecule has 2 rings (SSSR count). The van der Waals surface area contributed by atoms with Gasteiger partial charge in [0.25, 0.3) is 5.91 Å². The normalized spacial score (nSPS) is 12.1. The summed E-state index contributed by atoms with van der Waals surface area (Å²) >= 11 is 1.68. The Bertz CT molecular complexity index is 534. The van der Waals surface area contributed by atoms with Crippen molar-refractivity contribution < 1.29 is 4.79 Å². The third-order valence-electron chi connectivity index (χ3n) is 3.15. The van der Waals surface area contributed by atoms with Gasteiger partial charge in [-0.1, -0.05) is 12.1 Å². The van der Waals surface area contributed by atoms with Crippen molar-refractivity contribution in [3.8, 4) is 0 Å². The van der Waals surface area contributed by atoms with E-state index in [2.05, 4.69) is 22.1 Å². The minimum Gasteiger partial charge on any atom is -0.349 e. The van der Waals surface area contributed by atoms with Crippen molar-refractivity contribution >= 4 is 17.2 Å². The molecule has 0 bridgehead atoms. The average Bonchev–Trinajstić information content (AvgIpc) is 2.92. The maximum absolute atomic E-state index is 12.1. The Hall–Kier alpha value is -1.65. The molecule has 0 aliphatic heterocycles. The quantitative estimate of drug-likeness (QED) is 0.858. The molecule has 0 aliphatic rings. The van der Waals surface area contributed by atoms with Crippen LogP contribution in [0.1, 0.15) is 28.4 Å². The molecule has 1 atom stereocenters. The van der Waals surface area contributed by atoms with Gasteiger partial charge in [0.05, 0.1) is 0 Å². The molecule has 3 nitrogen and oxygen atoms in total. The van der Waals surface area contributed by atoms with Crippen LogP contribution in [0.2, 0.25) is 0 Å². The maximum atomic E-state index is 12.1. The molecule has 1 aromatic carbocycles. The number of carbonyl (C=O) groups excluding carboxylic acids is 1. The molecule has 2 aromatic rings. The van der Waals surface area contributed by atoms with E-state index in [4.69, 9.17) is 5.73 Å². The van der Waals surface area contributed by atoms with Crippen LogP contribution >= 0.6 is 11.3 Å². The number of nitrogens with one attached hydrogen (secondary N) is 1. The summed E-state index contributed by atoms with van der Waals surface area (Å²) in [6, 6.07) is 9.86. The van der Waals surface area contributed by atoms with Crippen molar-refractivity contribution in [1.82, 2.24) is 5.32 Å². The van der Waals surface area contributed by atoms with E-state index in [9.17, 15) is 4.79 Å². The standard InChI is InChI=1S/C16H20N2OS/c1-12(10-14-7-9-20-11-14)18-16(19)15-4-2-13(3-5-15)6-8-17/h2-5,7,9,11-12H,6,8,10,17H2,1H3,(H,18,19). The summed E-state index contributed by atoms with van der Waals surface area (Å²) in [6.07, 6.45) is 1.71. The summed E-state index contributed by atoms with van der Waals surface area (Å²) in [5.41, 5.74) is 8.63. The molecule has 0 fully saturated rings. The fourth-order valence-corrected chi connectivity index (χ4v) is 2.79. The molecule has 0 saturated carbocycles. The second kappa shape index (κ2) is 7.22. The molecule has 1 amide bonds. The first-order valence-electron chi connectivity index (χ1n) is 6.80. The van der Waals surface area contributed by atoms with Crippen LogP contribution in [-0.4, -0.2) is 18.5 Å². The highest BCUT2D eigenvalue weighted by Gasteiger charge is 2.10. The molecule has 4 heteroatoms. The average molecular weight is 288 g/mol. The van der Waals surface area contributed by atoms with Crippen LogP contribution in [0.15, 0.2) is 41.1 Å². The van der Waals surface area contributed by atoms with Gasteiger partial charge in [-0.2, -0.15) is 11.3 Å². The number of rotatable bonds is 6. The van der Waals surface area contributed by atoms with E-state index in [0.717, 1.165) is 18.4 Å². The first kappa shape index (κ1) is 14.8. The number of hydrogen-bond acceptors (Lipinski definition) is 3. The predicted octanol–water partition coefficient (Wildman–Crippen LogP) is 2.61. The zero-order valence-corrected chi connectivity index (χ0v) is 12.5. The predicted molar refractivity (Wildman–Crippen MR) is 84.2 cm³/mol. The molecule has 1 heterocycles. The second-order valence-corrected chi connectivity index (χ2v) is 5.73. The van der Waals surface area contributed by atoms with E-state index >= 15 is 0 Å². The lowest BCUT2D eigenvalue weighted by atomic mass is 10.1. The van der Waals surface area contributed by atoms with Crippen LogP contribution < -0.4 is 11.1 Å². The van der Waals surface area contributed by atoms with Gasteiger partial charge in [-0.25, -0.2) is 0 Å². The zero-order valence-electron chi connectivity index (χ0n) is 11.6. The Labute approximate surface area is 123 Å². The Morgan fingerprint density at radius 1 is 1.25 bits per heavy atom. The number of amides is 1. The molecule has 106 valence electrons. The molecule has 0 spiro atoms. The van der Waals surface area contributed by atoms with E-state index in [0.29, 0.717) is 12.1 Å². The van der Waals surface area contributed by atoms with Crippen molar-refractivity contribution in [2.24, 2.45) is 5.73 Å². The van der Waals surface area contributed by atoms with Crippen molar-refractivity contribution in [2.45, 2.75) is 25.8 Å². The van der Waals surface area contributed by atoms with E-state index in [1.54, 1.807) is 11.3 Å². The van der Waals surface area contributed by atoms with E-state index in [1.807, 2.05) is 31.2 Å². The van der Waals surface area contributed by atoms with Crippen LogP contribution in [0.3, 0.4) is 0 Å². The molecule has 0 radical (unpaired) electrons. The highest BCUT2D eigenvalue weighted by Crippen LogP contribution is 2.10. The minimum absolute atomic E-state index is 0.0213. The fraction of sp³-hybridized carbons (Fsp3) is 0.312. The zero-order chi connectivity index (χ0) is 14.4. The highest BCUT2D eigenvalue weighted by atomic mass is 32.1. The molecule has 3 N–H and O–H groups in total. The summed E-state index contributed by atoms with van der Waals surface area (Å²) in [7, 11) is 0. The molecule has 1 aromatic heterocycles. The smallest absolute Gasteiger partial charge is 0.251 e. The van der Waals surface area contributed by atoms with Crippen LogP contribution in [-0.2, 0) is 12.8 Å². The first-order valence-corrected chi connectivity index (χ1v) is 7.74. The monoisotopic (exact) mass is 288 g/mol. The first-order chi connectivity index (χ1) is 9.69. The van der Waals surface area contributed by atoms with Crippen LogP contribution in [0.25, 0.3) is 0 Å². The number of nitrogens with two attached hydrogens (primary N) is 1. The summed E-state index contributed by atoms with van der Waals surface area (Å²) < 4.78 is 0. The lowest BCUT2D eigenvalue weighted by Gasteiger charge is -2.13. The molecular formula is C16H20N2OS. The number of hydrogen-bond donors (Lipinski definition) is 2. The van der Waals surface area contributed by atoms with Crippen molar-refractivity contribution in [1.29, 1.82) is 0 Å². The summed E-state index contributed by atoms with van der Waals surface area (Å²) in [4.78, 5) is 12.1. The minimum atomic E-state index is -0.0213. The van der Waals surface area contributed by atoms with Gasteiger partial charge < -0.3 is 11.1 Å². The van der Waals surface area contributed by atoms with Gasteiger partial charge in [-0.15, -0.1) is 0 Å². The molecule has 0 aliphatic carbocycles. The Kier molecular flexibility index (Phi) is 5.32. The number of benzene rings is 1. The summed E-state index contributed by atoms with van der Waals surface area (Å²) in [6.45, 7) is 2.65. The van der Waals surface area contributed by atoms with E-state index in [1.165, 1.54) is 5.56 Å². The number of thiophene rings is 1. The van der Waals surface area contributed by atoms with Gasteiger partial charge in [0.2, 0.25) is 0 Å². The van der Waals surface area contributed by atoms with Crippen molar-refractivity contribution in [2.75, 3.05) is 6.54 Å². The van der Waals surface area contributed by atoms with Gasteiger partial charge in [0.15, 0.2) is 0 Å². The van der Waals surface area contributed by atoms with Crippen LogP contribution in [0.4, 0.5) is 0 Å². The van der Waals surface area contributed by atoms with Crippen LogP contribution in [0.5, 0.6) is 0 Å². The molecule has 1 unspecified atom stereocenters. The van der Waals surface area contributed by atoms with Gasteiger partial charge >= 0.3 is 0 Å². The Balaban J connectivity index is 1.90. The lowest BCUT2D eigenvalue weighted by Crippen LogP contribution is -2.33. The highest BCUT2D eigenvalue weighted by molar-refractivity contribution is 7.07. The molecule has 0 saturated heterocycles. The fourth-order valence-electron chi connectivity index (χ4n) is 2.11. The second-order valence-electron chi connectivity index (χ2n) is 4.95. The van der Waals surface area contributed by atoms with E-state index < -0.39 is 0 Å². The van der Waals surface area contributed by atoms with Crippen molar-refractivity contribution in [3.63, 3.8) is 0 Å². The van der Waals surface area contributed by atoms with Gasteiger partial charge in [0, 0.05) is 11.6 Å². The Morgan fingerprint density at radius 3 is 2.60 bits per heavy atom. The lowest BCUT2D eigenvalue weighted by molar-refractivity contribution is 0.0940. The Morgan fingerprint density at radius 2 is 2.00 bits per heavy atom. The van der Waals surface area contributed by atoms with Gasteiger partial charge in [-0.3, -0.25) is 4.79 Å². The summed E-state index contributed by atoms with van der Waals surface area (Å²) in [5.74, 6) is -0.0213. The largest absolute Gasteiger partial charge is 0.349 e. The third kappa shape index (κ3) is 4.18. The van der Waals surface area contributed by atoms with Gasteiger partial charge in [0.1, 0.15) is 0 Å². The summed E-state index contributed by atoms with van der Waals surface area (Å²) in [5, 5.41) is 7.20. The SMILES string of the molecule is CC(Cc1ccsc1)NC(=O)c1ccc(CCN)cc1. The van der Waals surface area contributed by atoms with Gasteiger partial charge in [-0.05, 0) is 66.4 Å². The third-order valence-corrected chi connectivity index (χ3v) is 3.88. The molecule has 20 heavy (non-hydrogen) atoms. The topological polar surface area (TPSA) is 55.1 Å². The van der Waals surface area contributed by atoms with Crippen molar-refractivity contribution in [3.05, 3.63) is 57.8 Å². The van der Waals surface area contributed by atoms with Crippen LogP contribution in [0, 0.1) is 0 Å². The maximum Gasteiger partial charge on any atom is 0.251 e. The number of carbonyl (C=O) groups is 1. The molecular weight excluding hydrogens is 268 g/mol. The van der Waals surface area contributed by atoms with E-state index in [-0.39, 0.29) is 11.9 Å².